The van der Waals surface area contributed by atoms with Crippen LogP contribution in [0.1, 0.15) is 34.6 Å². The zero-order valence-electron chi connectivity index (χ0n) is 17.0. The Balaban J connectivity index is 2.13. The summed E-state index contributed by atoms with van der Waals surface area (Å²) < 4.78 is 15.6. The van der Waals surface area contributed by atoms with Gasteiger partial charge >= 0.3 is 5.97 Å². The highest BCUT2D eigenvalue weighted by Crippen LogP contribution is 2.33. The fourth-order valence-corrected chi connectivity index (χ4v) is 2.61. The monoisotopic (exact) mass is 414 g/mol. The standard InChI is InChI=1S/C21H22N2O7/c1-12(20(26)23-16-8-6-15(7-9-16)22-13(2)25)30-21(27)18-14(11-24)5-10-17(28-3)19(18)29-4/h5-12H,1-4H3,(H,22,25)(H,23,26)/t12-/m1/s1. The lowest BCUT2D eigenvalue weighted by Gasteiger charge is -2.17. The van der Waals surface area contributed by atoms with Crippen LogP contribution in [0, 0.1) is 0 Å². The number of methoxy groups -OCH3 is 2. The molecule has 0 saturated carbocycles. The van der Waals surface area contributed by atoms with E-state index in [1.807, 2.05) is 0 Å². The summed E-state index contributed by atoms with van der Waals surface area (Å²) in [5.74, 6) is -1.42. The first kappa shape index (κ1) is 22.4. The number of amides is 2. The number of carbonyl (C=O) groups excluding carboxylic acids is 4. The third-order valence-electron chi connectivity index (χ3n) is 4.03. The van der Waals surface area contributed by atoms with Crippen molar-refractivity contribution in [3.8, 4) is 11.5 Å². The predicted molar refractivity (Wildman–Crippen MR) is 109 cm³/mol. The van der Waals surface area contributed by atoms with Crippen molar-refractivity contribution in [2.24, 2.45) is 0 Å². The van der Waals surface area contributed by atoms with Gasteiger partial charge in [0.25, 0.3) is 5.91 Å². The van der Waals surface area contributed by atoms with Crippen molar-refractivity contribution >= 4 is 35.4 Å². The number of benzene rings is 2. The smallest absolute Gasteiger partial charge is 0.343 e. The maximum atomic E-state index is 12.7. The number of esters is 1. The molecule has 0 radical (unpaired) electrons. The molecule has 0 bridgehead atoms. The van der Waals surface area contributed by atoms with Gasteiger partial charge in [-0.2, -0.15) is 0 Å². The fraction of sp³-hybridized carbons (Fsp3) is 0.238. The molecule has 0 aliphatic carbocycles. The van der Waals surface area contributed by atoms with E-state index >= 15 is 0 Å². The van der Waals surface area contributed by atoms with E-state index in [-0.39, 0.29) is 28.5 Å². The van der Waals surface area contributed by atoms with Crippen molar-refractivity contribution in [3.05, 3.63) is 47.5 Å². The summed E-state index contributed by atoms with van der Waals surface area (Å²) in [4.78, 5) is 47.4. The number of hydrogen-bond acceptors (Lipinski definition) is 7. The van der Waals surface area contributed by atoms with E-state index in [0.717, 1.165) is 0 Å². The quantitative estimate of drug-likeness (QED) is 0.503. The second-order valence-corrected chi connectivity index (χ2v) is 6.18. The number of nitrogens with one attached hydrogen (secondary N) is 2. The van der Waals surface area contributed by atoms with E-state index in [1.165, 1.54) is 40.2 Å². The maximum Gasteiger partial charge on any atom is 0.343 e. The minimum absolute atomic E-state index is 0.0354. The van der Waals surface area contributed by atoms with E-state index in [1.54, 1.807) is 24.3 Å². The van der Waals surface area contributed by atoms with Crippen LogP contribution in [0.5, 0.6) is 11.5 Å². The van der Waals surface area contributed by atoms with Gasteiger partial charge in [0.2, 0.25) is 5.91 Å². The lowest BCUT2D eigenvalue weighted by molar-refractivity contribution is -0.123. The van der Waals surface area contributed by atoms with Crippen molar-refractivity contribution in [2.75, 3.05) is 24.9 Å². The normalized spacial score (nSPS) is 11.1. The van der Waals surface area contributed by atoms with Crippen LogP contribution >= 0.6 is 0 Å². The van der Waals surface area contributed by atoms with E-state index in [2.05, 4.69) is 10.6 Å². The van der Waals surface area contributed by atoms with Gasteiger partial charge in [0.1, 0.15) is 5.56 Å². The Morgan fingerprint density at radius 3 is 2.03 bits per heavy atom. The number of hydrogen-bond donors (Lipinski definition) is 2. The number of aldehydes is 1. The topological polar surface area (TPSA) is 120 Å². The Hall–Kier alpha value is -3.88. The van der Waals surface area contributed by atoms with Crippen LogP contribution in [0.4, 0.5) is 11.4 Å². The van der Waals surface area contributed by atoms with Crippen molar-refractivity contribution < 1.29 is 33.4 Å². The molecule has 0 aliphatic rings. The molecule has 0 unspecified atom stereocenters. The summed E-state index contributed by atoms with van der Waals surface area (Å²) in [7, 11) is 2.71. The SMILES string of the molecule is COc1ccc(C=O)c(C(=O)O[C@H](C)C(=O)Nc2ccc(NC(C)=O)cc2)c1OC. The molecule has 2 aromatic carbocycles. The van der Waals surface area contributed by atoms with E-state index in [4.69, 9.17) is 14.2 Å². The molecule has 2 amide bonds. The van der Waals surface area contributed by atoms with Gasteiger partial charge in [-0.25, -0.2) is 4.79 Å². The largest absolute Gasteiger partial charge is 0.493 e. The van der Waals surface area contributed by atoms with Crippen molar-refractivity contribution in [1.29, 1.82) is 0 Å². The van der Waals surface area contributed by atoms with Crippen LogP contribution in [0.3, 0.4) is 0 Å². The molecule has 2 N–H and O–H groups in total. The van der Waals surface area contributed by atoms with Crippen LogP contribution in [0.2, 0.25) is 0 Å². The molecule has 0 aliphatic heterocycles. The molecule has 158 valence electrons. The minimum Gasteiger partial charge on any atom is -0.493 e. The van der Waals surface area contributed by atoms with Gasteiger partial charge in [0.15, 0.2) is 23.9 Å². The van der Waals surface area contributed by atoms with Gasteiger partial charge in [-0.05, 0) is 43.3 Å². The fourth-order valence-electron chi connectivity index (χ4n) is 2.61. The Morgan fingerprint density at radius 2 is 1.53 bits per heavy atom. The van der Waals surface area contributed by atoms with E-state index < -0.39 is 18.0 Å². The second-order valence-electron chi connectivity index (χ2n) is 6.18. The average molecular weight is 414 g/mol. The van der Waals surface area contributed by atoms with Gasteiger partial charge < -0.3 is 24.8 Å². The van der Waals surface area contributed by atoms with Crippen LogP contribution in [-0.4, -0.2) is 44.4 Å². The van der Waals surface area contributed by atoms with Gasteiger partial charge in [-0.1, -0.05) is 0 Å². The molecule has 0 aromatic heterocycles. The predicted octanol–water partition coefficient (Wildman–Crippen LogP) is 2.66. The average Bonchev–Trinajstić information content (AvgIpc) is 2.73. The first-order valence-electron chi connectivity index (χ1n) is 8.90. The molecule has 0 spiro atoms. The first-order valence-corrected chi connectivity index (χ1v) is 8.90. The molecule has 0 saturated heterocycles. The second kappa shape index (κ2) is 10.1. The zero-order chi connectivity index (χ0) is 22.3. The molecular weight excluding hydrogens is 392 g/mol. The summed E-state index contributed by atoms with van der Waals surface area (Å²) in [5, 5.41) is 5.22. The van der Waals surface area contributed by atoms with E-state index in [9.17, 15) is 19.2 Å². The highest BCUT2D eigenvalue weighted by molar-refractivity contribution is 6.03. The van der Waals surface area contributed by atoms with Crippen LogP contribution in [0.15, 0.2) is 36.4 Å². The molecule has 0 heterocycles. The highest BCUT2D eigenvalue weighted by atomic mass is 16.6. The minimum atomic E-state index is -1.16. The Bertz CT molecular complexity index is 955. The Kier molecular flexibility index (Phi) is 7.51. The third-order valence-corrected chi connectivity index (χ3v) is 4.03. The molecule has 2 rings (SSSR count). The van der Waals surface area contributed by atoms with Crippen molar-refractivity contribution in [2.45, 2.75) is 20.0 Å². The molecule has 9 nitrogen and oxygen atoms in total. The van der Waals surface area contributed by atoms with Gasteiger partial charge in [0.05, 0.1) is 14.2 Å². The molecule has 1 atom stereocenters. The number of rotatable bonds is 8. The Labute approximate surface area is 173 Å². The first-order chi connectivity index (χ1) is 14.3. The van der Waals surface area contributed by atoms with Gasteiger partial charge in [0, 0.05) is 23.9 Å². The lowest BCUT2D eigenvalue weighted by Crippen LogP contribution is -2.30. The molecule has 0 fully saturated rings. The summed E-state index contributed by atoms with van der Waals surface area (Å²) in [5.41, 5.74) is 0.931. The lowest BCUT2D eigenvalue weighted by atomic mass is 10.1. The van der Waals surface area contributed by atoms with Crippen molar-refractivity contribution in [3.63, 3.8) is 0 Å². The maximum absolute atomic E-state index is 12.7. The van der Waals surface area contributed by atoms with Crippen LogP contribution in [0.25, 0.3) is 0 Å². The number of ether oxygens (including phenoxy) is 3. The molecule has 2 aromatic rings. The van der Waals surface area contributed by atoms with Crippen LogP contribution < -0.4 is 20.1 Å². The summed E-state index contributed by atoms with van der Waals surface area (Å²) in [6.45, 7) is 2.78. The third kappa shape index (κ3) is 5.34. The molecule has 30 heavy (non-hydrogen) atoms. The molecular formula is C21H22N2O7. The zero-order valence-corrected chi connectivity index (χ0v) is 17.0. The Morgan fingerprint density at radius 1 is 0.933 bits per heavy atom. The number of anilines is 2. The number of carbonyl (C=O) groups is 4. The van der Waals surface area contributed by atoms with Gasteiger partial charge in [-0.3, -0.25) is 14.4 Å². The highest BCUT2D eigenvalue weighted by Gasteiger charge is 2.26. The van der Waals surface area contributed by atoms with Gasteiger partial charge in [-0.15, -0.1) is 0 Å². The van der Waals surface area contributed by atoms with Crippen LogP contribution in [-0.2, 0) is 14.3 Å². The molecule has 9 heteroatoms. The summed E-state index contributed by atoms with van der Waals surface area (Å²) in [6.07, 6.45) is -0.678. The summed E-state index contributed by atoms with van der Waals surface area (Å²) >= 11 is 0. The summed E-state index contributed by atoms with van der Waals surface area (Å²) in [6, 6.07) is 9.29. The van der Waals surface area contributed by atoms with E-state index in [0.29, 0.717) is 17.7 Å². The van der Waals surface area contributed by atoms with Crippen molar-refractivity contribution in [1.82, 2.24) is 0 Å².